The van der Waals surface area contributed by atoms with E-state index >= 15 is 0 Å². The molecule has 4 nitrogen and oxygen atoms in total. The second-order valence-electron chi connectivity index (χ2n) is 4.46. The molecule has 2 rings (SSSR count). The summed E-state index contributed by atoms with van der Waals surface area (Å²) in [5.41, 5.74) is 1.87. The molecule has 0 amide bonds. The molecule has 0 fully saturated rings. The number of methoxy groups -OCH3 is 1. The zero-order valence-corrected chi connectivity index (χ0v) is 10.3. The number of carbonyl (C=O) groups is 1. The highest BCUT2D eigenvalue weighted by atomic mass is 16.5. The van der Waals surface area contributed by atoms with Crippen LogP contribution in [0.3, 0.4) is 0 Å². The van der Waals surface area contributed by atoms with Gasteiger partial charge in [0.2, 0.25) is 0 Å². The molecule has 0 unspecified atom stereocenters. The Morgan fingerprint density at radius 1 is 1.29 bits per heavy atom. The van der Waals surface area contributed by atoms with Gasteiger partial charge in [0.25, 0.3) is 0 Å². The number of hydrogen-bond acceptors (Lipinski definition) is 3. The van der Waals surface area contributed by atoms with Crippen molar-refractivity contribution < 1.29 is 9.53 Å². The van der Waals surface area contributed by atoms with Crippen LogP contribution >= 0.6 is 0 Å². The normalized spacial score (nSPS) is 14.9. The Balaban J connectivity index is 2.61. The zero-order chi connectivity index (χ0) is 12.4. The minimum atomic E-state index is -0.544. The molecule has 0 saturated heterocycles. The van der Waals surface area contributed by atoms with Crippen LogP contribution < -0.4 is 5.43 Å². The van der Waals surface area contributed by atoms with Crippen molar-refractivity contribution in [3.63, 3.8) is 0 Å². The van der Waals surface area contributed by atoms with Gasteiger partial charge in [0.05, 0.1) is 7.11 Å². The maximum absolute atomic E-state index is 12.2. The Labute approximate surface area is 100 Å². The number of carbonyl (C=O) groups excluding carboxylic acids is 1. The fourth-order valence-electron chi connectivity index (χ4n) is 2.45. The highest BCUT2D eigenvalue weighted by Crippen LogP contribution is 2.18. The monoisotopic (exact) mass is 235 g/mol. The van der Waals surface area contributed by atoms with Crippen molar-refractivity contribution in [1.82, 2.24) is 4.57 Å². The number of aryl methyl sites for hydroxylation is 1. The molecule has 1 heterocycles. The molecule has 0 aliphatic heterocycles. The lowest BCUT2D eigenvalue weighted by molar-refractivity contribution is 0.0598. The maximum Gasteiger partial charge on any atom is 0.343 e. The molecule has 0 bridgehead atoms. The van der Waals surface area contributed by atoms with Crippen molar-refractivity contribution in [3.05, 3.63) is 33.2 Å². The third-order valence-electron chi connectivity index (χ3n) is 3.36. The molecule has 92 valence electrons. The zero-order valence-electron chi connectivity index (χ0n) is 10.3. The molecule has 1 aromatic rings. The fourth-order valence-corrected chi connectivity index (χ4v) is 2.45. The number of ether oxygens (including phenoxy) is 1. The molecule has 4 heteroatoms. The molecule has 17 heavy (non-hydrogen) atoms. The van der Waals surface area contributed by atoms with Gasteiger partial charge < -0.3 is 9.30 Å². The number of nitrogens with zero attached hydrogens (tertiary/aromatic N) is 1. The van der Waals surface area contributed by atoms with Gasteiger partial charge in [-0.25, -0.2) is 4.79 Å². The van der Waals surface area contributed by atoms with E-state index in [1.807, 2.05) is 11.6 Å². The fraction of sp³-hybridized carbons (Fsp3) is 0.538. The van der Waals surface area contributed by atoms with Gasteiger partial charge in [0.1, 0.15) is 5.56 Å². The summed E-state index contributed by atoms with van der Waals surface area (Å²) in [5, 5.41) is 0. The Hall–Kier alpha value is -1.58. The average molecular weight is 235 g/mol. The highest BCUT2D eigenvalue weighted by Gasteiger charge is 2.20. The summed E-state index contributed by atoms with van der Waals surface area (Å²) in [6, 6.07) is 0. The maximum atomic E-state index is 12.2. The Bertz CT molecular complexity index is 502. The molecule has 1 aliphatic rings. The van der Waals surface area contributed by atoms with Crippen LogP contribution in [-0.4, -0.2) is 17.6 Å². The molecular formula is C13H17NO3. The molecule has 0 radical (unpaired) electrons. The van der Waals surface area contributed by atoms with Gasteiger partial charge in [-0.1, -0.05) is 6.42 Å². The van der Waals surface area contributed by atoms with Gasteiger partial charge in [-0.15, -0.1) is 0 Å². The van der Waals surface area contributed by atoms with E-state index in [-0.39, 0.29) is 11.0 Å². The second-order valence-corrected chi connectivity index (χ2v) is 4.46. The van der Waals surface area contributed by atoms with Gasteiger partial charge in [-0.2, -0.15) is 0 Å². The quantitative estimate of drug-likeness (QED) is 0.546. The van der Waals surface area contributed by atoms with E-state index in [0.717, 1.165) is 43.4 Å². The van der Waals surface area contributed by atoms with Crippen molar-refractivity contribution >= 4 is 5.97 Å². The second kappa shape index (κ2) is 4.73. The predicted molar refractivity (Wildman–Crippen MR) is 64.3 cm³/mol. The summed E-state index contributed by atoms with van der Waals surface area (Å²) in [6.45, 7) is 0. The number of fused-ring (bicyclic) bond motifs is 1. The first-order valence-corrected chi connectivity index (χ1v) is 5.95. The van der Waals surface area contributed by atoms with Crippen LogP contribution in [0.5, 0.6) is 0 Å². The van der Waals surface area contributed by atoms with E-state index in [4.69, 9.17) is 0 Å². The van der Waals surface area contributed by atoms with Crippen LogP contribution in [0.1, 0.15) is 40.9 Å². The third kappa shape index (κ3) is 2.12. The molecule has 0 saturated carbocycles. The summed E-state index contributed by atoms with van der Waals surface area (Å²) in [5.74, 6) is -0.544. The van der Waals surface area contributed by atoms with Crippen LogP contribution in [0.4, 0.5) is 0 Å². The SMILES string of the molecule is COC(=O)c1cn(C)c2c(c1=O)CCCCC2. The summed E-state index contributed by atoms with van der Waals surface area (Å²) in [6.07, 6.45) is 6.56. The van der Waals surface area contributed by atoms with Gasteiger partial charge in [-0.05, 0) is 25.7 Å². The lowest BCUT2D eigenvalue weighted by Crippen LogP contribution is -2.25. The largest absolute Gasteiger partial charge is 0.465 e. The average Bonchev–Trinajstić information content (AvgIpc) is 2.58. The molecule has 0 N–H and O–H groups in total. The van der Waals surface area contributed by atoms with Gasteiger partial charge in [0, 0.05) is 24.5 Å². The molecule has 0 spiro atoms. The van der Waals surface area contributed by atoms with E-state index in [2.05, 4.69) is 4.74 Å². The highest BCUT2D eigenvalue weighted by molar-refractivity contribution is 5.89. The number of pyridine rings is 1. The number of esters is 1. The lowest BCUT2D eigenvalue weighted by Gasteiger charge is -2.13. The molecule has 1 aliphatic carbocycles. The first-order chi connectivity index (χ1) is 8.15. The number of aromatic nitrogens is 1. The van der Waals surface area contributed by atoms with E-state index < -0.39 is 5.97 Å². The van der Waals surface area contributed by atoms with Crippen molar-refractivity contribution in [3.8, 4) is 0 Å². The van der Waals surface area contributed by atoms with E-state index in [1.54, 1.807) is 6.20 Å². The number of rotatable bonds is 1. The van der Waals surface area contributed by atoms with Crippen LogP contribution in [0.2, 0.25) is 0 Å². The van der Waals surface area contributed by atoms with Crippen LogP contribution in [0.15, 0.2) is 11.0 Å². The van der Waals surface area contributed by atoms with Gasteiger partial charge in [-0.3, -0.25) is 4.79 Å². The first-order valence-electron chi connectivity index (χ1n) is 5.95. The van der Waals surface area contributed by atoms with Gasteiger partial charge >= 0.3 is 5.97 Å². The summed E-state index contributed by atoms with van der Waals surface area (Å²) in [4.78, 5) is 23.7. The minimum Gasteiger partial charge on any atom is -0.465 e. The van der Waals surface area contributed by atoms with E-state index in [1.165, 1.54) is 7.11 Å². The topological polar surface area (TPSA) is 48.3 Å². The molecular weight excluding hydrogens is 218 g/mol. The van der Waals surface area contributed by atoms with Crippen LogP contribution in [0.25, 0.3) is 0 Å². The van der Waals surface area contributed by atoms with Crippen molar-refractivity contribution in [2.24, 2.45) is 7.05 Å². The predicted octanol–water partition coefficient (Wildman–Crippen LogP) is 1.44. The minimum absolute atomic E-state index is 0.146. The number of hydrogen-bond donors (Lipinski definition) is 0. The van der Waals surface area contributed by atoms with Crippen molar-refractivity contribution in [2.45, 2.75) is 32.1 Å². The van der Waals surface area contributed by atoms with Crippen LogP contribution in [-0.2, 0) is 24.6 Å². The summed E-state index contributed by atoms with van der Waals surface area (Å²) >= 11 is 0. The van der Waals surface area contributed by atoms with Crippen molar-refractivity contribution in [1.29, 1.82) is 0 Å². The smallest absolute Gasteiger partial charge is 0.343 e. The Kier molecular flexibility index (Phi) is 3.31. The summed E-state index contributed by atoms with van der Waals surface area (Å²) < 4.78 is 6.54. The third-order valence-corrected chi connectivity index (χ3v) is 3.36. The Morgan fingerprint density at radius 2 is 2.00 bits per heavy atom. The molecule has 0 atom stereocenters. The molecule has 0 aromatic carbocycles. The molecule has 1 aromatic heterocycles. The Morgan fingerprint density at radius 3 is 2.71 bits per heavy atom. The van der Waals surface area contributed by atoms with Crippen molar-refractivity contribution in [2.75, 3.05) is 7.11 Å². The van der Waals surface area contributed by atoms with Crippen LogP contribution in [0, 0.1) is 0 Å². The first kappa shape index (κ1) is 11.9. The summed E-state index contributed by atoms with van der Waals surface area (Å²) in [7, 11) is 3.18. The van der Waals surface area contributed by atoms with E-state index in [9.17, 15) is 9.59 Å². The lowest BCUT2D eigenvalue weighted by atomic mass is 10.0. The van der Waals surface area contributed by atoms with Gasteiger partial charge in [0.15, 0.2) is 5.43 Å². The standard InChI is InChI=1S/C13H17NO3/c1-14-8-10(13(16)17-2)12(15)9-6-4-3-5-7-11(9)14/h8H,3-7H2,1-2H3. The van der Waals surface area contributed by atoms with E-state index in [0.29, 0.717) is 0 Å².